The van der Waals surface area contributed by atoms with E-state index < -0.39 is 0 Å². The molecule has 1 amide bonds. The lowest BCUT2D eigenvalue weighted by molar-refractivity contribution is -0.0605. The van der Waals surface area contributed by atoms with Gasteiger partial charge >= 0.3 is 0 Å². The number of hydrogen-bond acceptors (Lipinski definition) is 3. The number of nitrogens with one attached hydrogen (secondary N) is 2. The fourth-order valence-electron chi connectivity index (χ4n) is 3.42. The van der Waals surface area contributed by atoms with Gasteiger partial charge in [0.25, 0.3) is 5.91 Å². The van der Waals surface area contributed by atoms with Crippen molar-refractivity contribution in [2.24, 2.45) is 4.99 Å². The van der Waals surface area contributed by atoms with Gasteiger partial charge in [-0.3, -0.25) is 9.79 Å². The lowest BCUT2D eigenvalue weighted by Crippen LogP contribution is -2.50. The molecule has 3 rings (SSSR count). The standard InChI is InChI=1S/C22H27FN4O2/c1-15-13-27(14-20(29-15)17-8-10-19(23)11-9-17)22(25-3)26-12-16-4-6-18(7-5-16)21(28)24-2/h4-11,15,20H,12-14H2,1-3H3,(H,24,28)(H,25,26). The Labute approximate surface area is 170 Å². The van der Waals surface area contributed by atoms with E-state index in [2.05, 4.69) is 20.5 Å². The third-order valence-electron chi connectivity index (χ3n) is 4.91. The minimum Gasteiger partial charge on any atom is -0.367 e. The molecule has 0 spiro atoms. The molecule has 1 saturated heterocycles. The Kier molecular flexibility index (Phi) is 6.82. The Bertz CT molecular complexity index is 852. The zero-order valence-electron chi connectivity index (χ0n) is 17.0. The number of ether oxygens (including phenoxy) is 1. The second kappa shape index (κ2) is 9.52. The monoisotopic (exact) mass is 398 g/mol. The average molecular weight is 398 g/mol. The van der Waals surface area contributed by atoms with Gasteiger partial charge in [0.1, 0.15) is 11.9 Å². The second-order valence-corrected chi connectivity index (χ2v) is 7.07. The smallest absolute Gasteiger partial charge is 0.251 e. The van der Waals surface area contributed by atoms with Gasteiger partial charge in [-0.05, 0) is 42.3 Å². The van der Waals surface area contributed by atoms with Crippen molar-refractivity contribution in [2.45, 2.75) is 25.7 Å². The van der Waals surface area contributed by atoms with Crippen molar-refractivity contribution in [1.82, 2.24) is 15.5 Å². The predicted octanol–water partition coefficient (Wildman–Crippen LogP) is 2.72. The second-order valence-electron chi connectivity index (χ2n) is 7.07. The summed E-state index contributed by atoms with van der Waals surface area (Å²) in [5.74, 6) is 0.423. The number of aliphatic imine (C=N–C) groups is 1. The molecule has 6 nitrogen and oxygen atoms in total. The number of amides is 1. The van der Waals surface area contributed by atoms with Crippen LogP contribution in [0.25, 0.3) is 0 Å². The Morgan fingerprint density at radius 1 is 1.17 bits per heavy atom. The number of carbonyl (C=O) groups excluding carboxylic acids is 1. The number of hydrogen-bond donors (Lipinski definition) is 2. The van der Waals surface area contributed by atoms with Gasteiger partial charge in [0.15, 0.2) is 5.96 Å². The van der Waals surface area contributed by atoms with Gasteiger partial charge in [0.05, 0.1) is 12.6 Å². The van der Waals surface area contributed by atoms with E-state index in [4.69, 9.17) is 4.74 Å². The van der Waals surface area contributed by atoms with E-state index in [1.165, 1.54) is 12.1 Å². The summed E-state index contributed by atoms with van der Waals surface area (Å²) in [6, 6.07) is 13.9. The highest BCUT2D eigenvalue weighted by molar-refractivity contribution is 5.93. The van der Waals surface area contributed by atoms with Gasteiger partial charge in [-0.25, -0.2) is 4.39 Å². The molecule has 0 aliphatic carbocycles. The van der Waals surface area contributed by atoms with Crippen LogP contribution in [0.3, 0.4) is 0 Å². The summed E-state index contributed by atoms with van der Waals surface area (Å²) in [6.07, 6.45) is -0.131. The molecule has 2 N–H and O–H groups in total. The average Bonchev–Trinajstić information content (AvgIpc) is 2.74. The molecule has 154 valence electrons. The van der Waals surface area contributed by atoms with Crippen LogP contribution in [0.1, 0.15) is 34.5 Å². The van der Waals surface area contributed by atoms with Crippen LogP contribution >= 0.6 is 0 Å². The zero-order valence-corrected chi connectivity index (χ0v) is 17.0. The molecule has 2 aromatic rings. The number of morpholine rings is 1. The number of halogens is 1. The van der Waals surface area contributed by atoms with Crippen LogP contribution in [0.5, 0.6) is 0 Å². The Balaban J connectivity index is 1.64. The van der Waals surface area contributed by atoms with E-state index in [0.29, 0.717) is 25.2 Å². The Morgan fingerprint density at radius 3 is 2.48 bits per heavy atom. The first-order valence-corrected chi connectivity index (χ1v) is 9.67. The minimum absolute atomic E-state index is 0.0178. The lowest BCUT2D eigenvalue weighted by Gasteiger charge is -2.38. The molecular formula is C22H27FN4O2. The molecule has 2 atom stereocenters. The van der Waals surface area contributed by atoms with Crippen LogP contribution in [0, 0.1) is 5.82 Å². The minimum atomic E-state index is -0.255. The fourth-order valence-corrected chi connectivity index (χ4v) is 3.42. The summed E-state index contributed by atoms with van der Waals surface area (Å²) in [6.45, 7) is 3.96. The van der Waals surface area contributed by atoms with Gasteiger partial charge in [-0.2, -0.15) is 0 Å². The van der Waals surface area contributed by atoms with Crippen LogP contribution in [-0.2, 0) is 11.3 Å². The third-order valence-corrected chi connectivity index (χ3v) is 4.91. The summed E-state index contributed by atoms with van der Waals surface area (Å²) in [5.41, 5.74) is 2.63. The van der Waals surface area contributed by atoms with E-state index >= 15 is 0 Å². The maximum absolute atomic E-state index is 13.2. The van der Waals surface area contributed by atoms with E-state index in [9.17, 15) is 9.18 Å². The maximum Gasteiger partial charge on any atom is 0.251 e. The number of nitrogens with zero attached hydrogens (tertiary/aromatic N) is 2. The Morgan fingerprint density at radius 2 is 1.86 bits per heavy atom. The quantitative estimate of drug-likeness (QED) is 0.614. The topological polar surface area (TPSA) is 66.0 Å². The van der Waals surface area contributed by atoms with Gasteiger partial charge in [-0.15, -0.1) is 0 Å². The molecule has 2 unspecified atom stereocenters. The van der Waals surface area contributed by atoms with Gasteiger partial charge in [0.2, 0.25) is 0 Å². The molecule has 1 heterocycles. The fraction of sp³-hybridized carbons (Fsp3) is 0.364. The van der Waals surface area contributed by atoms with Crippen molar-refractivity contribution >= 4 is 11.9 Å². The molecule has 1 aliphatic rings. The maximum atomic E-state index is 13.2. The summed E-state index contributed by atoms with van der Waals surface area (Å²) < 4.78 is 19.3. The number of carbonyl (C=O) groups is 1. The highest BCUT2D eigenvalue weighted by Crippen LogP contribution is 2.25. The molecule has 0 bridgehead atoms. The van der Waals surface area contributed by atoms with Crippen LogP contribution < -0.4 is 10.6 Å². The van der Waals surface area contributed by atoms with Crippen molar-refractivity contribution < 1.29 is 13.9 Å². The molecule has 0 radical (unpaired) electrons. The van der Waals surface area contributed by atoms with Crippen LogP contribution in [0.2, 0.25) is 0 Å². The molecule has 29 heavy (non-hydrogen) atoms. The van der Waals surface area contributed by atoms with Crippen LogP contribution in [-0.4, -0.2) is 50.1 Å². The van der Waals surface area contributed by atoms with Crippen LogP contribution in [0.4, 0.5) is 4.39 Å². The zero-order chi connectivity index (χ0) is 20.8. The van der Waals surface area contributed by atoms with E-state index in [-0.39, 0.29) is 23.9 Å². The number of guanidine groups is 1. The highest BCUT2D eigenvalue weighted by Gasteiger charge is 2.28. The molecule has 1 fully saturated rings. The summed E-state index contributed by atoms with van der Waals surface area (Å²) in [5, 5.41) is 5.99. The predicted molar refractivity (Wildman–Crippen MR) is 111 cm³/mol. The number of benzene rings is 2. The summed E-state index contributed by atoms with van der Waals surface area (Å²) >= 11 is 0. The van der Waals surface area contributed by atoms with Gasteiger partial charge in [-0.1, -0.05) is 24.3 Å². The van der Waals surface area contributed by atoms with Crippen molar-refractivity contribution in [2.75, 3.05) is 27.2 Å². The van der Waals surface area contributed by atoms with E-state index in [1.54, 1.807) is 38.4 Å². The van der Waals surface area contributed by atoms with Gasteiger partial charge < -0.3 is 20.3 Å². The Hall–Kier alpha value is -2.93. The first kappa shape index (κ1) is 20.8. The van der Waals surface area contributed by atoms with Crippen molar-refractivity contribution in [3.05, 3.63) is 71.0 Å². The molecule has 0 aromatic heterocycles. The highest BCUT2D eigenvalue weighted by atomic mass is 19.1. The number of rotatable bonds is 4. The first-order chi connectivity index (χ1) is 14.0. The van der Waals surface area contributed by atoms with Crippen molar-refractivity contribution in [3.8, 4) is 0 Å². The molecule has 2 aromatic carbocycles. The van der Waals surface area contributed by atoms with Gasteiger partial charge in [0, 0.05) is 32.7 Å². The van der Waals surface area contributed by atoms with Crippen molar-refractivity contribution in [3.63, 3.8) is 0 Å². The van der Waals surface area contributed by atoms with Crippen LogP contribution in [0.15, 0.2) is 53.5 Å². The SMILES string of the molecule is CN=C(NCc1ccc(C(=O)NC)cc1)N1CC(C)OC(c2ccc(F)cc2)C1. The van der Waals surface area contributed by atoms with E-state index in [0.717, 1.165) is 17.1 Å². The normalized spacial score (nSPS) is 19.7. The molecular weight excluding hydrogens is 371 g/mol. The molecule has 7 heteroatoms. The van der Waals surface area contributed by atoms with E-state index in [1.807, 2.05) is 19.1 Å². The summed E-state index contributed by atoms with van der Waals surface area (Å²) in [7, 11) is 3.37. The molecule has 1 aliphatic heterocycles. The first-order valence-electron chi connectivity index (χ1n) is 9.67. The lowest BCUT2D eigenvalue weighted by atomic mass is 10.1. The summed E-state index contributed by atoms with van der Waals surface area (Å²) in [4.78, 5) is 18.2. The third kappa shape index (κ3) is 5.32. The largest absolute Gasteiger partial charge is 0.367 e. The molecule has 0 saturated carbocycles. The van der Waals surface area contributed by atoms with Crippen molar-refractivity contribution in [1.29, 1.82) is 0 Å².